The van der Waals surface area contributed by atoms with Crippen molar-refractivity contribution in [2.24, 2.45) is 5.73 Å². The minimum absolute atomic E-state index is 0.210. The van der Waals surface area contributed by atoms with E-state index in [-0.39, 0.29) is 11.8 Å². The van der Waals surface area contributed by atoms with Crippen LogP contribution in [0.25, 0.3) is 11.0 Å². The largest absolute Gasteiger partial charge is 0.457 e. The van der Waals surface area contributed by atoms with Gasteiger partial charge in [0.15, 0.2) is 0 Å². The zero-order valence-corrected chi connectivity index (χ0v) is 17.4. The molecule has 0 spiro atoms. The van der Waals surface area contributed by atoms with Crippen LogP contribution in [-0.2, 0) is 4.79 Å². The monoisotopic (exact) mass is 394 g/mol. The number of unbranched alkanes of at least 4 members (excludes halogenated alkanes) is 1. The number of nitrogens with zero attached hydrogens (tertiary/aromatic N) is 2. The van der Waals surface area contributed by atoms with Crippen LogP contribution in [0.1, 0.15) is 42.9 Å². The second-order valence-electron chi connectivity index (χ2n) is 7.79. The molecule has 0 radical (unpaired) electrons. The highest BCUT2D eigenvalue weighted by atomic mass is 16.5. The van der Waals surface area contributed by atoms with Crippen LogP contribution in [0.2, 0.25) is 0 Å². The Morgan fingerprint density at radius 1 is 1.28 bits per heavy atom. The number of nitrogens with one attached hydrogen (secondary N) is 1. The number of pyridine rings is 1. The Bertz CT molecular complexity index is 964. The lowest BCUT2D eigenvalue weighted by Crippen LogP contribution is -2.16. The summed E-state index contributed by atoms with van der Waals surface area (Å²) in [7, 11) is 4.09. The first-order valence-electron chi connectivity index (χ1n) is 10.1. The fraction of sp³-hybridized carbons (Fsp3) is 0.391. The lowest BCUT2D eigenvalue weighted by molar-refractivity contribution is -0.119. The Morgan fingerprint density at radius 2 is 2.10 bits per heavy atom. The SMILES string of the molecule is Cc1c[nH]c2nccc(Oc3cccc(C(N)CC(=O)CCCCN(C)C)c3)c12. The number of nitrogens with two attached hydrogens (primary N) is 1. The van der Waals surface area contributed by atoms with E-state index >= 15 is 0 Å². The first-order chi connectivity index (χ1) is 13.9. The normalized spacial score (nSPS) is 12.4. The second kappa shape index (κ2) is 9.67. The number of aromatic amines is 1. The van der Waals surface area contributed by atoms with Gasteiger partial charge in [0.05, 0.1) is 5.39 Å². The maximum atomic E-state index is 12.3. The molecule has 0 saturated heterocycles. The molecule has 3 aromatic rings. The van der Waals surface area contributed by atoms with Crippen molar-refractivity contribution in [3.05, 3.63) is 53.9 Å². The standard InChI is InChI=1S/C23H30N4O2/c1-16-15-26-23-22(16)21(10-11-25-23)29-19-9-6-7-17(13-19)20(24)14-18(28)8-4-5-12-27(2)3/h6-7,9-11,13,15,20H,4-5,8,12,14,24H2,1-3H3,(H,25,26). The van der Waals surface area contributed by atoms with Gasteiger partial charge in [-0.05, 0) is 69.7 Å². The van der Waals surface area contributed by atoms with Gasteiger partial charge < -0.3 is 20.4 Å². The Kier molecular flexibility index (Phi) is 7.01. The number of aromatic nitrogens is 2. The molecule has 3 N–H and O–H groups in total. The molecule has 2 aromatic heterocycles. The van der Waals surface area contributed by atoms with E-state index in [4.69, 9.17) is 10.5 Å². The average Bonchev–Trinajstić information content (AvgIpc) is 3.07. The Morgan fingerprint density at radius 3 is 2.90 bits per heavy atom. The fourth-order valence-electron chi connectivity index (χ4n) is 3.42. The molecule has 2 heterocycles. The highest BCUT2D eigenvalue weighted by Gasteiger charge is 2.14. The third-order valence-corrected chi connectivity index (χ3v) is 5.01. The molecule has 0 saturated carbocycles. The number of fused-ring (bicyclic) bond motifs is 1. The van der Waals surface area contributed by atoms with Gasteiger partial charge in [-0.15, -0.1) is 0 Å². The highest BCUT2D eigenvalue weighted by Crippen LogP contribution is 2.32. The van der Waals surface area contributed by atoms with E-state index in [1.165, 1.54) is 0 Å². The third-order valence-electron chi connectivity index (χ3n) is 5.01. The molecule has 6 nitrogen and oxygen atoms in total. The molecule has 154 valence electrons. The van der Waals surface area contributed by atoms with Gasteiger partial charge in [0.25, 0.3) is 0 Å². The predicted molar refractivity (Wildman–Crippen MR) is 116 cm³/mol. The molecule has 0 fully saturated rings. The van der Waals surface area contributed by atoms with E-state index in [0.29, 0.717) is 18.6 Å². The zero-order valence-electron chi connectivity index (χ0n) is 17.4. The predicted octanol–water partition coefficient (Wildman–Crippen LogP) is 4.35. The van der Waals surface area contributed by atoms with Crippen molar-refractivity contribution in [2.45, 2.75) is 38.6 Å². The number of Topliss-reactive ketones (excluding diaryl/α,β-unsaturated/α-hetero) is 1. The number of aryl methyl sites for hydroxylation is 1. The van der Waals surface area contributed by atoms with Gasteiger partial charge in [-0.1, -0.05) is 12.1 Å². The topological polar surface area (TPSA) is 84.2 Å². The number of hydrogen-bond donors (Lipinski definition) is 2. The molecule has 0 aliphatic carbocycles. The lowest BCUT2D eigenvalue weighted by Gasteiger charge is -2.14. The number of rotatable bonds is 10. The number of H-pyrrole nitrogens is 1. The summed E-state index contributed by atoms with van der Waals surface area (Å²) in [6.07, 6.45) is 6.50. The van der Waals surface area contributed by atoms with E-state index in [1.807, 2.05) is 57.5 Å². The minimum atomic E-state index is -0.327. The van der Waals surface area contributed by atoms with Crippen molar-refractivity contribution in [3.8, 4) is 11.5 Å². The summed E-state index contributed by atoms with van der Waals surface area (Å²) in [5.74, 6) is 1.65. The highest BCUT2D eigenvalue weighted by molar-refractivity contribution is 5.86. The molecule has 0 aliphatic heterocycles. The molecule has 0 amide bonds. The molecule has 1 aromatic carbocycles. The van der Waals surface area contributed by atoms with Gasteiger partial charge in [0.1, 0.15) is 22.9 Å². The van der Waals surface area contributed by atoms with Crippen molar-refractivity contribution < 1.29 is 9.53 Å². The molecular formula is C23H30N4O2. The quantitative estimate of drug-likeness (QED) is 0.499. The van der Waals surface area contributed by atoms with Crippen LogP contribution in [0.4, 0.5) is 0 Å². The van der Waals surface area contributed by atoms with Gasteiger partial charge in [-0.3, -0.25) is 4.79 Å². The third kappa shape index (κ3) is 5.65. The van der Waals surface area contributed by atoms with E-state index in [0.717, 1.165) is 47.3 Å². The summed E-state index contributed by atoms with van der Waals surface area (Å²) in [5.41, 5.74) is 9.09. The van der Waals surface area contributed by atoms with Crippen molar-refractivity contribution in [1.82, 2.24) is 14.9 Å². The lowest BCUT2D eigenvalue weighted by atomic mass is 9.99. The summed E-state index contributed by atoms with van der Waals surface area (Å²) < 4.78 is 6.12. The minimum Gasteiger partial charge on any atom is -0.457 e. The Balaban J connectivity index is 1.63. The number of hydrogen-bond acceptors (Lipinski definition) is 5. The van der Waals surface area contributed by atoms with Crippen LogP contribution >= 0.6 is 0 Å². The molecule has 3 rings (SSSR count). The molecule has 0 bridgehead atoms. The molecule has 0 aliphatic rings. The summed E-state index contributed by atoms with van der Waals surface area (Å²) in [6, 6.07) is 9.19. The van der Waals surface area contributed by atoms with Crippen LogP contribution in [0, 0.1) is 6.92 Å². The smallest absolute Gasteiger partial charge is 0.141 e. The number of carbonyl (C=O) groups is 1. The second-order valence-corrected chi connectivity index (χ2v) is 7.79. The van der Waals surface area contributed by atoms with E-state index in [2.05, 4.69) is 14.9 Å². The summed E-state index contributed by atoms with van der Waals surface area (Å²) in [4.78, 5) is 21.9. The maximum Gasteiger partial charge on any atom is 0.141 e. The van der Waals surface area contributed by atoms with Crippen LogP contribution in [0.15, 0.2) is 42.7 Å². The maximum absolute atomic E-state index is 12.3. The van der Waals surface area contributed by atoms with Crippen LogP contribution in [-0.4, -0.2) is 41.3 Å². The molecule has 6 heteroatoms. The van der Waals surface area contributed by atoms with Crippen molar-refractivity contribution in [2.75, 3.05) is 20.6 Å². The molecule has 1 unspecified atom stereocenters. The molecule has 29 heavy (non-hydrogen) atoms. The van der Waals surface area contributed by atoms with Crippen LogP contribution in [0.3, 0.4) is 0 Å². The van der Waals surface area contributed by atoms with Gasteiger partial charge in [0.2, 0.25) is 0 Å². The van der Waals surface area contributed by atoms with Crippen LogP contribution in [0.5, 0.6) is 11.5 Å². The Hall–Kier alpha value is -2.70. The van der Waals surface area contributed by atoms with Crippen LogP contribution < -0.4 is 10.5 Å². The number of ketones is 1. The number of carbonyl (C=O) groups excluding carboxylic acids is 1. The fourth-order valence-corrected chi connectivity index (χ4v) is 3.42. The van der Waals surface area contributed by atoms with Crippen molar-refractivity contribution in [3.63, 3.8) is 0 Å². The molecule has 1 atom stereocenters. The van der Waals surface area contributed by atoms with Crippen molar-refractivity contribution in [1.29, 1.82) is 0 Å². The summed E-state index contributed by atoms with van der Waals surface area (Å²) in [5, 5.41) is 0.968. The zero-order chi connectivity index (χ0) is 20.8. The first kappa shape index (κ1) is 21.0. The average molecular weight is 395 g/mol. The Labute approximate surface area is 172 Å². The number of benzene rings is 1. The van der Waals surface area contributed by atoms with Crippen molar-refractivity contribution >= 4 is 16.8 Å². The van der Waals surface area contributed by atoms with Gasteiger partial charge in [0, 0.05) is 31.3 Å². The molecular weight excluding hydrogens is 364 g/mol. The van der Waals surface area contributed by atoms with Gasteiger partial charge in [-0.25, -0.2) is 4.98 Å². The summed E-state index contributed by atoms with van der Waals surface area (Å²) >= 11 is 0. The van der Waals surface area contributed by atoms with E-state index in [9.17, 15) is 4.79 Å². The van der Waals surface area contributed by atoms with E-state index in [1.54, 1.807) is 6.20 Å². The number of ether oxygens (including phenoxy) is 1. The van der Waals surface area contributed by atoms with Gasteiger partial charge in [-0.2, -0.15) is 0 Å². The first-order valence-corrected chi connectivity index (χ1v) is 10.1. The summed E-state index contributed by atoms with van der Waals surface area (Å²) in [6.45, 7) is 3.02. The van der Waals surface area contributed by atoms with Gasteiger partial charge >= 0.3 is 0 Å². The van der Waals surface area contributed by atoms with E-state index < -0.39 is 0 Å².